The molecule has 1 atom stereocenters. The van der Waals surface area contributed by atoms with E-state index in [0.717, 1.165) is 12.1 Å². The van der Waals surface area contributed by atoms with Gasteiger partial charge < -0.3 is 15.2 Å². The number of halogens is 1. The Morgan fingerprint density at radius 1 is 1.48 bits per heavy atom. The Labute approximate surface area is 122 Å². The molecule has 0 saturated heterocycles. The molecule has 114 valence electrons. The summed E-state index contributed by atoms with van der Waals surface area (Å²) in [5, 5.41) is 11.0. The van der Waals surface area contributed by atoms with Gasteiger partial charge in [0.15, 0.2) is 0 Å². The van der Waals surface area contributed by atoms with E-state index in [1.165, 1.54) is 18.2 Å². The SMILES string of the molecule is COC(C)CCC(=O)Nc1ccc(/C=C/C(=O)O)cc1F. The Balaban J connectivity index is 2.64. The van der Waals surface area contributed by atoms with Gasteiger partial charge in [-0.1, -0.05) is 6.07 Å². The maximum Gasteiger partial charge on any atom is 0.328 e. The third-order valence-electron chi connectivity index (χ3n) is 2.87. The van der Waals surface area contributed by atoms with Crippen LogP contribution in [0.4, 0.5) is 10.1 Å². The number of amides is 1. The maximum atomic E-state index is 13.8. The van der Waals surface area contributed by atoms with E-state index < -0.39 is 11.8 Å². The molecule has 1 unspecified atom stereocenters. The summed E-state index contributed by atoms with van der Waals surface area (Å²) in [6, 6.07) is 4.08. The van der Waals surface area contributed by atoms with E-state index in [0.29, 0.717) is 12.0 Å². The Morgan fingerprint density at radius 3 is 2.76 bits per heavy atom. The van der Waals surface area contributed by atoms with Gasteiger partial charge in [-0.3, -0.25) is 4.79 Å². The highest BCUT2D eigenvalue weighted by Crippen LogP contribution is 2.17. The minimum absolute atomic E-state index is 0.0378. The minimum Gasteiger partial charge on any atom is -0.478 e. The molecule has 0 fully saturated rings. The van der Waals surface area contributed by atoms with Gasteiger partial charge in [0, 0.05) is 19.6 Å². The predicted molar refractivity (Wildman–Crippen MR) is 77.4 cm³/mol. The molecule has 2 N–H and O–H groups in total. The van der Waals surface area contributed by atoms with Crippen LogP contribution in [0.25, 0.3) is 6.08 Å². The third kappa shape index (κ3) is 6.18. The van der Waals surface area contributed by atoms with Crippen molar-refractivity contribution in [2.75, 3.05) is 12.4 Å². The van der Waals surface area contributed by atoms with Crippen LogP contribution in [0.15, 0.2) is 24.3 Å². The van der Waals surface area contributed by atoms with E-state index in [1.54, 1.807) is 7.11 Å². The third-order valence-corrected chi connectivity index (χ3v) is 2.87. The van der Waals surface area contributed by atoms with Gasteiger partial charge in [-0.25, -0.2) is 9.18 Å². The normalized spacial score (nSPS) is 12.3. The highest BCUT2D eigenvalue weighted by Gasteiger charge is 2.09. The first-order valence-corrected chi connectivity index (χ1v) is 6.45. The van der Waals surface area contributed by atoms with Gasteiger partial charge in [0.1, 0.15) is 5.82 Å². The number of carbonyl (C=O) groups is 2. The molecule has 0 saturated carbocycles. The fourth-order valence-corrected chi connectivity index (χ4v) is 1.57. The first kappa shape index (κ1) is 16.8. The van der Waals surface area contributed by atoms with E-state index in [9.17, 15) is 14.0 Å². The lowest BCUT2D eigenvalue weighted by molar-refractivity contribution is -0.131. The van der Waals surface area contributed by atoms with Crippen molar-refractivity contribution >= 4 is 23.6 Å². The van der Waals surface area contributed by atoms with Gasteiger partial charge in [-0.15, -0.1) is 0 Å². The van der Waals surface area contributed by atoms with Crippen molar-refractivity contribution in [3.8, 4) is 0 Å². The van der Waals surface area contributed by atoms with Crippen LogP contribution in [-0.2, 0) is 14.3 Å². The van der Waals surface area contributed by atoms with Crippen molar-refractivity contribution in [2.45, 2.75) is 25.9 Å². The van der Waals surface area contributed by atoms with Crippen molar-refractivity contribution in [2.24, 2.45) is 0 Å². The summed E-state index contributed by atoms with van der Waals surface area (Å²) in [6.07, 6.45) is 2.93. The van der Waals surface area contributed by atoms with Crippen LogP contribution in [-0.4, -0.2) is 30.2 Å². The van der Waals surface area contributed by atoms with E-state index in [4.69, 9.17) is 9.84 Å². The zero-order chi connectivity index (χ0) is 15.8. The first-order valence-electron chi connectivity index (χ1n) is 6.45. The molecule has 0 aliphatic rings. The van der Waals surface area contributed by atoms with Crippen LogP contribution in [0.1, 0.15) is 25.3 Å². The van der Waals surface area contributed by atoms with Crippen LogP contribution in [0.2, 0.25) is 0 Å². The van der Waals surface area contributed by atoms with Crippen molar-refractivity contribution in [3.05, 3.63) is 35.7 Å². The smallest absolute Gasteiger partial charge is 0.328 e. The van der Waals surface area contributed by atoms with Crippen molar-refractivity contribution in [1.82, 2.24) is 0 Å². The molecule has 0 aromatic heterocycles. The number of carbonyl (C=O) groups excluding carboxylic acids is 1. The molecule has 1 rings (SSSR count). The molecule has 5 nitrogen and oxygen atoms in total. The lowest BCUT2D eigenvalue weighted by Crippen LogP contribution is -2.15. The number of carboxylic acid groups (broad SMARTS) is 1. The molecule has 21 heavy (non-hydrogen) atoms. The summed E-state index contributed by atoms with van der Waals surface area (Å²) < 4.78 is 18.8. The molecule has 1 aromatic rings. The Kier molecular flexibility index (Phi) is 6.55. The second kappa shape index (κ2) is 8.16. The molecule has 0 radical (unpaired) electrons. The number of benzene rings is 1. The Hall–Kier alpha value is -2.21. The van der Waals surface area contributed by atoms with Gasteiger partial charge in [-0.2, -0.15) is 0 Å². The van der Waals surface area contributed by atoms with E-state index in [1.807, 2.05) is 6.92 Å². The zero-order valence-corrected chi connectivity index (χ0v) is 11.9. The molecule has 0 spiro atoms. The van der Waals surface area contributed by atoms with Crippen molar-refractivity contribution in [3.63, 3.8) is 0 Å². The molecule has 0 aliphatic heterocycles. The van der Waals surface area contributed by atoms with Crippen LogP contribution in [0.3, 0.4) is 0 Å². The van der Waals surface area contributed by atoms with E-state index in [2.05, 4.69) is 5.32 Å². The topological polar surface area (TPSA) is 75.6 Å². The second-order valence-corrected chi connectivity index (χ2v) is 4.54. The Bertz CT molecular complexity index is 542. The number of hydrogen-bond donors (Lipinski definition) is 2. The Morgan fingerprint density at radius 2 is 2.19 bits per heavy atom. The molecule has 1 amide bonds. The fraction of sp³-hybridized carbons (Fsp3) is 0.333. The number of nitrogens with one attached hydrogen (secondary N) is 1. The van der Waals surface area contributed by atoms with Crippen LogP contribution in [0.5, 0.6) is 0 Å². The molecule has 1 aromatic carbocycles. The monoisotopic (exact) mass is 295 g/mol. The number of methoxy groups -OCH3 is 1. The zero-order valence-electron chi connectivity index (χ0n) is 11.9. The van der Waals surface area contributed by atoms with E-state index >= 15 is 0 Å². The van der Waals surface area contributed by atoms with Crippen LogP contribution < -0.4 is 5.32 Å². The number of hydrogen-bond acceptors (Lipinski definition) is 3. The summed E-state index contributed by atoms with van der Waals surface area (Å²) >= 11 is 0. The fourth-order valence-electron chi connectivity index (χ4n) is 1.57. The minimum atomic E-state index is -1.11. The summed E-state index contributed by atoms with van der Waals surface area (Å²) in [5.41, 5.74) is 0.471. The average Bonchev–Trinajstić information content (AvgIpc) is 2.45. The van der Waals surface area contributed by atoms with Gasteiger partial charge in [0.25, 0.3) is 0 Å². The van der Waals surface area contributed by atoms with Gasteiger partial charge in [0.05, 0.1) is 11.8 Å². The molecular formula is C15H18FNO4. The number of aliphatic carboxylic acids is 1. The largest absolute Gasteiger partial charge is 0.478 e. The lowest BCUT2D eigenvalue weighted by Gasteiger charge is -2.10. The van der Waals surface area contributed by atoms with Crippen LogP contribution >= 0.6 is 0 Å². The predicted octanol–water partition coefficient (Wildman–Crippen LogP) is 2.68. The first-order chi connectivity index (χ1) is 9.92. The van der Waals surface area contributed by atoms with Gasteiger partial charge in [-0.05, 0) is 37.1 Å². The van der Waals surface area contributed by atoms with Crippen LogP contribution in [0, 0.1) is 5.82 Å². The average molecular weight is 295 g/mol. The number of rotatable bonds is 7. The summed E-state index contributed by atoms with van der Waals surface area (Å²) in [5.74, 6) is -2.03. The molecular weight excluding hydrogens is 277 g/mol. The summed E-state index contributed by atoms with van der Waals surface area (Å²) in [6.45, 7) is 1.84. The van der Waals surface area contributed by atoms with Crippen molar-refractivity contribution < 1.29 is 23.8 Å². The number of carboxylic acids is 1. The molecule has 0 aliphatic carbocycles. The van der Waals surface area contributed by atoms with Crippen molar-refractivity contribution in [1.29, 1.82) is 0 Å². The maximum absolute atomic E-state index is 13.8. The highest BCUT2D eigenvalue weighted by atomic mass is 19.1. The summed E-state index contributed by atoms with van der Waals surface area (Å²) in [7, 11) is 1.56. The standard InChI is InChI=1S/C15H18FNO4/c1-10(21-2)3-7-14(18)17-13-6-4-11(9-12(13)16)5-8-15(19)20/h4-6,8-10H,3,7H2,1-2H3,(H,17,18)(H,19,20)/b8-5+. The van der Waals surface area contributed by atoms with Gasteiger partial charge >= 0.3 is 5.97 Å². The highest BCUT2D eigenvalue weighted by molar-refractivity contribution is 5.91. The molecule has 6 heteroatoms. The van der Waals surface area contributed by atoms with E-state index in [-0.39, 0.29) is 24.1 Å². The quantitative estimate of drug-likeness (QED) is 0.758. The van der Waals surface area contributed by atoms with Gasteiger partial charge in [0.2, 0.25) is 5.91 Å². The number of anilines is 1. The summed E-state index contributed by atoms with van der Waals surface area (Å²) in [4.78, 5) is 22.0. The second-order valence-electron chi connectivity index (χ2n) is 4.54. The number of ether oxygens (including phenoxy) is 1. The lowest BCUT2D eigenvalue weighted by atomic mass is 10.1. The molecule has 0 bridgehead atoms. The molecule has 0 heterocycles.